The molecule has 2 aliphatic carbocycles. The van der Waals surface area contributed by atoms with Crippen molar-refractivity contribution >= 4 is 15.9 Å². The Bertz CT molecular complexity index is 353. The third kappa shape index (κ3) is 2.15. The Morgan fingerprint density at radius 1 is 1.50 bits per heavy atom. The van der Waals surface area contributed by atoms with E-state index in [2.05, 4.69) is 0 Å². The third-order valence-corrected chi connectivity index (χ3v) is 3.61. The van der Waals surface area contributed by atoms with E-state index in [0.717, 1.165) is 25.5 Å². The van der Waals surface area contributed by atoms with Crippen LogP contribution in [-0.2, 0) is 19.1 Å². The predicted octanol–water partition coefficient (Wildman–Crippen LogP) is 0.864. The summed E-state index contributed by atoms with van der Waals surface area (Å²) in [5.74, 6) is 0.313. The molecule has 2 fully saturated rings. The Kier molecular flexibility index (Phi) is 2.19. The van der Waals surface area contributed by atoms with Gasteiger partial charge < -0.3 is 0 Å². The fourth-order valence-corrected chi connectivity index (χ4v) is 2.79. The van der Waals surface area contributed by atoms with Gasteiger partial charge in [-0.15, -0.1) is 0 Å². The molecule has 2 aliphatic rings. The molecule has 4 nitrogen and oxygen atoms in total. The Labute approximate surface area is 83.8 Å². The van der Waals surface area contributed by atoms with Gasteiger partial charge >= 0.3 is 0 Å². The first-order chi connectivity index (χ1) is 6.40. The lowest BCUT2D eigenvalue weighted by Crippen LogP contribution is -2.32. The monoisotopic (exact) mass is 218 g/mol. The molecule has 0 aromatic rings. The second-order valence-corrected chi connectivity index (χ2v) is 5.95. The Balaban J connectivity index is 1.93. The lowest BCUT2D eigenvalue weighted by Gasteiger charge is -2.27. The van der Waals surface area contributed by atoms with E-state index in [-0.39, 0.29) is 11.7 Å². The van der Waals surface area contributed by atoms with Gasteiger partial charge in [-0.1, -0.05) is 0 Å². The molecule has 0 saturated heterocycles. The van der Waals surface area contributed by atoms with Crippen LogP contribution in [0.1, 0.15) is 32.1 Å². The van der Waals surface area contributed by atoms with E-state index in [1.54, 1.807) is 0 Å². The number of rotatable bonds is 4. The summed E-state index contributed by atoms with van der Waals surface area (Å²) < 4.78 is 26.9. The van der Waals surface area contributed by atoms with Crippen molar-refractivity contribution in [2.24, 2.45) is 5.92 Å². The number of carbonyl (C=O) groups is 1. The molecule has 0 amide bonds. The molecule has 2 rings (SSSR count). The van der Waals surface area contributed by atoms with Gasteiger partial charge in [-0.2, -0.15) is 8.42 Å². The highest BCUT2D eigenvalue weighted by Crippen LogP contribution is 2.48. The van der Waals surface area contributed by atoms with Crippen LogP contribution in [0.4, 0.5) is 0 Å². The molecule has 1 atom stereocenters. The summed E-state index contributed by atoms with van der Waals surface area (Å²) in [6, 6.07) is 0. The van der Waals surface area contributed by atoms with Crippen LogP contribution < -0.4 is 0 Å². The van der Waals surface area contributed by atoms with Gasteiger partial charge in [-0.05, 0) is 25.7 Å². The molecular weight excluding hydrogens is 204 g/mol. The average molecular weight is 218 g/mol. The molecule has 0 heterocycles. The molecular formula is C9H14O4S. The SMILES string of the molecule is CS(=O)(=O)OC1(CC2CCC2=O)CC1. The van der Waals surface area contributed by atoms with Gasteiger partial charge in [0.05, 0.1) is 11.9 Å². The van der Waals surface area contributed by atoms with E-state index in [4.69, 9.17) is 4.18 Å². The second-order valence-electron chi connectivity index (χ2n) is 4.38. The van der Waals surface area contributed by atoms with Crippen molar-refractivity contribution in [3.05, 3.63) is 0 Å². The first-order valence-corrected chi connectivity index (χ1v) is 6.65. The number of Topliss-reactive ketones (excluding diaryl/α,β-unsaturated/α-hetero) is 1. The first kappa shape index (κ1) is 10.1. The molecule has 0 bridgehead atoms. The molecule has 80 valence electrons. The highest BCUT2D eigenvalue weighted by Gasteiger charge is 2.50. The molecule has 0 N–H and O–H groups in total. The van der Waals surface area contributed by atoms with E-state index in [0.29, 0.717) is 12.8 Å². The molecule has 0 radical (unpaired) electrons. The first-order valence-electron chi connectivity index (χ1n) is 4.84. The quantitative estimate of drug-likeness (QED) is 0.657. The molecule has 0 aromatic heterocycles. The van der Waals surface area contributed by atoms with Crippen LogP contribution in [0.15, 0.2) is 0 Å². The van der Waals surface area contributed by atoms with Crippen molar-refractivity contribution in [3.63, 3.8) is 0 Å². The van der Waals surface area contributed by atoms with Crippen molar-refractivity contribution < 1.29 is 17.4 Å². The van der Waals surface area contributed by atoms with Gasteiger partial charge in [-0.25, -0.2) is 0 Å². The van der Waals surface area contributed by atoms with Crippen LogP contribution in [0.25, 0.3) is 0 Å². The predicted molar refractivity (Wildman–Crippen MR) is 50.2 cm³/mol. The topological polar surface area (TPSA) is 60.4 Å². The molecule has 1 unspecified atom stereocenters. The molecule has 2 saturated carbocycles. The summed E-state index contributed by atoms with van der Waals surface area (Å²) in [7, 11) is -3.38. The normalized spacial score (nSPS) is 29.8. The number of hydrogen-bond donors (Lipinski definition) is 0. The van der Waals surface area contributed by atoms with E-state index >= 15 is 0 Å². The Morgan fingerprint density at radius 2 is 2.14 bits per heavy atom. The summed E-state index contributed by atoms with van der Waals surface area (Å²) >= 11 is 0. The summed E-state index contributed by atoms with van der Waals surface area (Å²) in [5.41, 5.74) is -0.520. The maximum atomic E-state index is 11.1. The van der Waals surface area contributed by atoms with Crippen LogP contribution in [0.2, 0.25) is 0 Å². The fraction of sp³-hybridized carbons (Fsp3) is 0.889. The minimum absolute atomic E-state index is 0.0549. The molecule has 0 aliphatic heterocycles. The lowest BCUT2D eigenvalue weighted by atomic mass is 9.79. The molecule has 0 spiro atoms. The van der Waals surface area contributed by atoms with Gasteiger partial charge in [0.25, 0.3) is 10.1 Å². The van der Waals surface area contributed by atoms with Crippen molar-refractivity contribution in [2.75, 3.05) is 6.26 Å². The number of ketones is 1. The lowest BCUT2D eigenvalue weighted by molar-refractivity contribution is -0.130. The van der Waals surface area contributed by atoms with Gasteiger partial charge in [0, 0.05) is 12.3 Å². The maximum absolute atomic E-state index is 11.1. The van der Waals surface area contributed by atoms with Crippen LogP contribution in [0.3, 0.4) is 0 Å². The smallest absolute Gasteiger partial charge is 0.264 e. The van der Waals surface area contributed by atoms with E-state index in [9.17, 15) is 13.2 Å². The van der Waals surface area contributed by atoms with Crippen molar-refractivity contribution in [1.29, 1.82) is 0 Å². The second kappa shape index (κ2) is 3.03. The zero-order valence-corrected chi connectivity index (χ0v) is 8.97. The van der Waals surface area contributed by atoms with E-state index < -0.39 is 15.7 Å². The van der Waals surface area contributed by atoms with Crippen LogP contribution in [-0.4, -0.2) is 26.1 Å². The van der Waals surface area contributed by atoms with Crippen LogP contribution in [0, 0.1) is 5.92 Å². The van der Waals surface area contributed by atoms with E-state index in [1.807, 2.05) is 0 Å². The van der Waals surface area contributed by atoms with E-state index in [1.165, 1.54) is 0 Å². The summed E-state index contributed by atoms with van der Waals surface area (Å²) in [6.07, 6.45) is 4.75. The largest absolute Gasteiger partial charge is 0.299 e. The minimum Gasteiger partial charge on any atom is -0.299 e. The van der Waals surface area contributed by atoms with Crippen LogP contribution >= 0.6 is 0 Å². The summed E-state index contributed by atoms with van der Waals surface area (Å²) in [5, 5.41) is 0. The minimum atomic E-state index is -3.38. The summed E-state index contributed by atoms with van der Waals surface area (Å²) in [4.78, 5) is 11.1. The average Bonchev–Trinajstić information content (AvgIpc) is 2.76. The standard InChI is InChI=1S/C9H14O4S/c1-14(11,12)13-9(4-5-9)6-7-2-3-8(7)10/h7H,2-6H2,1H3. The van der Waals surface area contributed by atoms with Gasteiger partial charge in [0.15, 0.2) is 0 Å². The van der Waals surface area contributed by atoms with Gasteiger partial charge in [-0.3, -0.25) is 8.98 Å². The highest BCUT2D eigenvalue weighted by molar-refractivity contribution is 7.86. The number of carbonyl (C=O) groups excluding carboxylic acids is 1. The third-order valence-electron chi connectivity index (χ3n) is 2.95. The van der Waals surface area contributed by atoms with Crippen molar-refractivity contribution in [3.8, 4) is 0 Å². The Hall–Kier alpha value is -0.420. The highest BCUT2D eigenvalue weighted by atomic mass is 32.2. The van der Waals surface area contributed by atoms with Crippen molar-refractivity contribution in [2.45, 2.75) is 37.7 Å². The van der Waals surface area contributed by atoms with Gasteiger partial charge in [0.1, 0.15) is 5.78 Å². The summed E-state index contributed by atoms with van der Waals surface area (Å²) in [6.45, 7) is 0. The molecule has 0 aromatic carbocycles. The van der Waals surface area contributed by atoms with Crippen LogP contribution in [0.5, 0.6) is 0 Å². The Morgan fingerprint density at radius 3 is 2.43 bits per heavy atom. The molecule has 5 heteroatoms. The van der Waals surface area contributed by atoms with Crippen molar-refractivity contribution in [1.82, 2.24) is 0 Å². The zero-order chi connectivity index (χ0) is 10.4. The fourth-order valence-electron chi connectivity index (χ4n) is 1.91. The number of hydrogen-bond acceptors (Lipinski definition) is 4. The zero-order valence-electron chi connectivity index (χ0n) is 8.15. The molecule has 14 heavy (non-hydrogen) atoms. The maximum Gasteiger partial charge on any atom is 0.264 e. The van der Waals surface area contributed by atoms with Gasteiger partial charge in [0.2, 0.25) is 0 Å².